The highest BCUT2D eigenvalue weighted by molar-refractivity contribution is 6.32. The molecule has 126 valence electrons. The van der Waals surface area contributed by atoms with E-state index in [-0.39, 0.29) is 18.8 Å². The molecule has 0 fully saturated rings. The van der Waals surface area contributed by atoms with Gasteiger partial charge >= 0.3 is 5.97 Å². The van der Waals surface area contributed by atoms with Gasteiger partial charge in [0.2, 0.25) is 0 Å². The van der Waals surface area contributed by atoms with E-state index < -0.39 is 17.4 Å². The number of aromatic carboxylic acids is 1. The number of aliphatic hydroxyl groups excluding tert-OH is 1. The molecule has 0 spiro atoms. The monoisotopic (exact) mass is 351 g/mol. The van der Waals surface area contributed by atoms with Gasteiger partial charge in [0.15, 0.2) is 5.43 Å². The van der Waals surface area contributed by atoms with E-state index in [0.717, 1.165) is 0 Å². The highest BCUT2D eigenvalue weighted by Crippen LogP contribution is 2.40. The summed E-state index contributed by atoms with van der Waals surface area (Å²) in [7, 11) is 1.47. The van der Waals surface area contributed by atoms with Crippen molar-refractivity contribution in [2.75, 3.05) is 20.3 Å². The fraction of sp³-hybridized carbons (Fsp3) is 0.250. The Morgan fingerprint density at radius 1 is 1.46 bits per heavy atom. The van der Waals surface area contributed by atoms with Crippen molar-refractivity contribution in [2.24, 2.45) is 0 Å². The van der Waals surface area contributed by atoms with E-state index in [1.54, 1.807) is 12.1 Å². The zero-order valence-corrected chi connectivity index (χ0v) is 13.4. The number of fused-ring (bicyclic) bond motifs is 3. The largest absolute Gasteiger partial charge is 0.495 e. The summed E-state index contributed by atoms with van der Waals surface area (Å²) in [5, 5.41) is 19.1. The van der Waals surface area contributed by atoms with Crippen molar-refractivity contribution in [3.63, 3.8) is 0 Å². The van der Waals surface area contributed by atoms with E-state index in [9.17, 15) is 14.7 Å². The molecule has 8 heteroatoms. The SMILES string of the molecule is COc1cc2c(cc1Cl)-c1cc(=O)c(C(=O)O)cn1C(CO)CO2. The second-order valence-corrected chi connectivity index (χ2v) is 5.69. The summed E-state index contributed by atoms with van der Waals surface area (Å²) in [4.78, 5) is 23.3. The van der Waals surface area contributed by atoms with Gasteiger partial charge in [0.05, 0.1) is 30.5 Å². The Morgan fingerprint density at radius 2 is 2.21 bits per heavy atom. The molecule has 0 amide bonds. The van der Waals surface area contributed by atoms with Gasteiger partial charge in [-0.3, -0.25) is 4.79 Å². The zero-order chi connectivity index (χ0) is 17.4. The van der Waals surface area contributed by atoms with E-state index >= 15 is 0 Å². The first-order valence-corrected chi connectivity index (χ1v) is 7.45. The van der Waals surface area contributed by atoms with Crippen molar-refractivity contribution in [1.29, 1.82) is 0 Å². The van der Waals surface area contributed by atoms with Crippen LogP contribution in [0.15, 0.2) is 29.2 Å². The number of hydrogen-bond acceptors (Lipinski definition) is 5. The number of nitrogens with zero attached hydrogens (tertiary/aromatic N) is 1. The van der Waals surface area contributed by atoms with Gasteiger partial charge < -0.3 is 24.3 Å². The predicted octanol–water partition coefficient (Wildman–Crippen LogP) is 1.80. The number of rotatable bonds is 3. The summed E-state index contributed by atoms with van der Waals surface area (Å²) in [5.74, 6) is -0.484. The summed E-state index contributed by atoms with van der Waals surface area (Å²) < 4.78 is 12.4. The molecular weight excluding hydrogens is 338 g/mol. The number of ether oxygens (including phenoxy) is 2. The van der Waals surface area contributed by atoms with Crippen molar-refractivity contribution in [3.05, 3.63) is 45.2 Å². The van der Waals surface area contributed by atoms with Crippen LogP contribution in [0.3, 0.4) is 0 Å². The number of benzene rings is 1. The Balaban J connectivity index is 2.31. The molecule has 24 heavy (non-hydrogen) atoms. The second-order valence-electron chi connectivity index (χ2n) is 5.28. The summed E-state index contributed by atoms with van der Waals surface area (Å²) in [6.07, 6.45) is 1.22. The molecule has 3 rings (SSSR count). The first-order chi connectivity index (χ1) is 11.5. The van der Waals surface area contributed by atoms with Crippen LogP contribution in [0, 0.1) is 0 Å². The molecule has 1 aromatic carbocycles. The number of carboxylic acid groups (broad SMARTS) is 1. The van der Waals surface area contributed by atoms with Gasteiger partial charge in [0.25, 0.3) is 0 Å². The minimum atomic E-state index is -1.33. The van der Waals surface area contributed by atoms with Crippen molar-refractivity contribution < 1.29 is 24.5 Å². The summed E-state index contributed by atoms with van der Waals surface area (Å²) in [5.41, 5.74) is -0.0719. The summed E-state index contributed by atoms with van der Waals surface area (Å²) in [6, 6.07) is 3.84. The molecule has 0 bridgehead atoms. The number of carbonyl (C=O) groups is 1. The first-order valence-electron chi connectivity index (χ1n) is 7.07. The quantitative estimate of drug-likeness (QED) is 0.875. The van der Waals surface area contributed by atoms with Crippen LogP contribution < -0.4 is 14.9 Å². The molecule has 2 N–H and O–H groups in total. The fourth-order valence-electron chi connectivity index (χ4n) is 2.65. The predicted molar refractivity (Wildman–Crippen MR) is 86.3 cm³/mol. The van der Waals surface area contributed by atoms with Gasteiger partial charge in [-0.05, 0) is 6.07 Å². The van der Waals surface area contributed by atoms with Crippen LogP contribution in [0.25, 0.3) is 11.3 Å². The van der Waals surface area contributed by atoms with Crippen LogP contribution in [-0.4, -0.2) is 41.1 Å². The van der Waals surface area contributed by atoms with Crippen LogP contribution in [-0.2, 0) is 0 Å². The van der Waals surface area contributed by atoms with Crippen LogP contribution >= 0.6 is 11.6 Å². The Kier molecular flexibility index (Phi) is 4.21. The van der Waals surface area contributed by atoms with Crippen LogP contribution in [0.5, 0.6) is 11.5 Å². The molecule has 2 aromatic rings. The lowest BCUT2D eigenvalue weighted by Crippen LogP contribution is -2.24. The topological polar surface area (TPSA) is 98.0 Å². The van der Waals surface area contributed by atoms with Crippen LogP contribution in [0.1, 0.15) is 16.4 Å². The minimum Gasteiger partial charge on any atom is -0.495 e. The average Bonchev–Trinajstić information content (AvgIpc) is 2.69. The number of hydrogen-bond donors (Lipinski definition) is 2. The lowest BCUT2D eigenvalue weighted by molar-refractivity contribution is 0.0693. The van der Waals surface area contributed by atoms with E-state index in [2.05, 4.69) is 0 Å². The Hall–Kier alpha value is -2.51. The van der Waals surface area contributed by atoms with Gasteiger partial charge in [-0.2, -0.15) is 0 Å². The third-order valence-electron chi connectivity index (χ3n) is 3.88. The maximum absolute atomic E-state index is 12.1. The smallest absolute Gasteiger partial charge is 0.341 e. The summed E-state index contributed by atoms with van der Waals surface area (Å²) >= 11 is 6.16. The molecule has 7 nitrogen and oxygen atoms in total. The lowest BCUT2D eigenvalue weighted by atomic mass is 10.1. The molecule has 1 aliphatic heterocycles. The Morgan fingerprint density at radius 3 is 2.83 bits per heavy atom. The highest BCUT2D eigenvalue weighted by Gasteiger charge is 2.25. The molecule has 0 aliphatic carbocycles. The Labute approximate surface area is 141 Å². The number of methoxy groups -OCH3 is 1. The van der Waals surface area contributed by atoms with Crippen LogP contribution in [0.4, 0.5) is 0 Å². The maximum Gasteiger partial charge on any atom is 0.341 e. The van der Waals surface area contributed by atoms with Crippen molar-refractivity contribution in [3.8, 4) is 22.8 Å². The molecule has 1 atom stereocenters. The Bertz CT molecular complexity index is 876. The van der Waals surface area contributed by atoms with Gasteiger partial charge in [0, 0.05) is 23.9 Å². The molecular formula is C16H14ClNO6. The number of aromatic nitrogens is 1. The average molecular weight is 352 g/mol. The molecule has 1 aromatic heterocycles. The zero-order valence-electron chi connectivity index (χ0n) is 12.7. The molecule has 2 heterocycles. The van der Waals surface area contributed by atoms with Crippen molar-refractivity contribution in [1.82, 2.24) is 4.57 Å². The van der Waals surface area contributed by atoms with Gasteiger partial charge in [-0.15, -0.1) is 0 Å². The van der Waals surface area contributed by atoms with Crippen molar-refractivity contribution >= 4 is 17.6 Å². The first kappa shape index (κ1) is 16.4. The molecule has 0 saturated heterocycles. The lowest BCUT2D eigenvalue weighted by Gasteiger charge is -2.19. The van der Waals surface area contributed by atoms with Gasteiger partial charge in [0.1, 0.15) is 23.7 Å². The molecule has 1 aliphatic rings. The van der Waals surface area contributed by atoms with Gasteiger partial charge in [-0.1, -0.05) is 11.6 Å². The highest BCUT2D eigenvalue weighted by atomic mass is 35.5. The normalized spacial score (nSPS) is 15.7. The number of carboxylic acids is 1. The van der Waals surface area contributed by atoms with E-state index in [1.807, 2.05) is 0 Å². The fourth-order valence-corrected chi connectivity index (χ4v) is 2.89. The number of aliphatic hydroxyl groups is 1. The van der Waals surface area contributed by atoms with Crippen LogP contribution in [0.2, 0.25) is 5.02 Å². The van der Waals surface area contributed by atoms with Crippen molar-refractivity contribution in [2.45, 2.75) is 6.04 Å². The summed E-state index contributed by atoms with van der Waals surface area (Å²) in [6.45, 7) is -0.184. The van der Waals surface area contributed by atoms with Gasteiger partial charge in [-0.25, -0.2) is 4.79 Å². The third-order valence-corrected chi connectivity index (χ3v) is 4.17. The second kappa shape index (κ2) is 6.18. The molecule has 0 radical (unpaired) electrons. The molecule has 1 unspecified atom stereocenters. The van der Waals surface area contributed by atoms with E-state index in [4.69, 9.17) is 26.2 Å². The standard InChI is InChI=1S/C16H14ClNO6/c1-23-15-4-14-9(2-11(15)17)12-3-13(20)10(16(21)22)5-18(12)8(6-19)7-24-14/h2-5,8,19H,6-7H2,1H3,(H,21,22). The number of halogens is 1. The maximum atomic E-state index is 12.1. The number of pyridine rings is 1. The van der Waals surface area contributed by atoms with E-state index in [0.29, 0.717) is 27.8 Å². The van der Waals surface area contributed by atoms with E-state index in [1.165, 1.54) is 23.9 Å². The molecule has 0 saturated carbocycles. The third kappa shape index (κ3) is 2.61. The minimum absolute atomic E-state index is 0.100.